The van der Waals surface area contributed by atoms with Gasteiger partial charge in [0.15, 0.2) is 5.01 Å². The number of hydrogen-bond acceptors (Lipinski definition) is 3. The Balaban J connectivity index is 2.65. The number of aromatic nitrogens is 1. The Bertz CT molecular complexity index is 484. The number of thiazole rings is 1. The number of hydrogen-bond donors (Lipinski definition) is 0. The third-order valence-corrected chi connectivity index (χ3v) is 3.27. The number of nitriles is 1. The lowest BCUT2D eigenvalue weighted by atomic mass is 10.2. The predicted octanol–water partition coefficient (Wildman–Crippen LogP) is 3.06. The minimum Gasteiger partial charge on any atom is -0.226 e. The lowest BCUT2D eigenvalue weighted by molar-refractivity contribution is 1.39. The Hall–Kier alpha value is -0.920. The fourth-order valence-electron chi connectivity index (χ4n) is 1.10. The molecule has 13 heavy (non-hydrogen) atoms. The van der Waals surface area contributed by atoms with Crippen molar-refractivity contribution in [2.24, 2.45) is 0 Å². The minimum absolute atomic E-state index is 0.529. The Labute approximate surface area is 88.0 Å². The van der Waals surface area contributed by atoms with Gasteiger partial charge in [-0.3, -0.25) is 0 Å². The molecular weight excluding hydrogens is 248 g/mol. The molecule has 64 valence electrons. The highest BCUT2D eigenvalue weighted by atomic mass is 79.9. The smallest absolute Gasteiger partial charge is 0.195 e. The third kappa shape index (κ3) is 1.58. The van der Waals surface area contributed by atoms with Crippen LogP contribution in [0, 0.1) is 11.3 Å². The van der Waals surface area contributed by atoms with Crippen LogP contribution in [0.15, 0.2) is 18.2 Å². The molecule has 4 heteroatoms. The zero-order valence-corrected chi connectivity index (χ0v) is 9.02. The Morgan fingerprint density at radius 2 is 2.38 bits per heavy atom. The van der Waals surface area contributed by atoms with E-state index in [1.807, 2.05) is 18.2 Å². The van der Waals surface area contributed by atoms with Gasteiger partial charge in [0.1, 0.15) is 6.07 Å². The molecule has 1 aromatic heterocycles. The lowest BCUT2D eigenvalue weighted by Crippen LogP contribution is -1.75. The number of nitrogens with zero attached hydrogens (tertiary/aromatic N) is 2. The van der Waals surface area contributed by atoms with Crippen LogP contribution in [0.2, 0.25) is 0 Å². The van der Waals surface area contributed by atoms with Crippen molar-refractivity contribution in [3.05, 3.63) is 28.8 Å². The molecule has 0 bridgehead atoms. The summed E-state index contributed by atoms with van der Waals surface area (Å²) in [5, 5.41) is 10.0. The molecule has 2 nitrogen and oxygen atoms in total. The number of benzene rings is 1. The number of alkyl halides is 1. The summed E-state index contributed by atoms with van der Waals surface area (Å²) in [7, 11) is 0. The highest BCUT2D eigenvalue weighted by Crippen LogP contribution is 2.23. The topological polar surface area (TPSA) is 36.7 Å². The summed E-state index contributed by atoms with van der Waals surface area (Å²) in [5.41, 5.74) is 2.12. The summed E-state index contributed by atoms with van der Waals surface area (Å²) < 4.78 is 1.08. The van der Waals surface area contributed by atoms with Crippen molar-refractivity contribution < 1.29 is 0 Å². The predicted molar refractivity (Wildman–Crippen MR) is 57.0 cm³/mol. The van der Waals surface area contributed by atoms with E-state index in [0.717, 1.165) is 15.5 Å². The van der Waals surface area contributed by atoms with Crippen molar-refractivity contribution in [3.63, 3.8) is 0 Å². The fraction of sp³-hybridized carbons (Fsp3) is 0.111. The molecule has 0 unspecified atom stereocenters. The van der Waals surface area contributed by atoms with Crippen LogP contribution in [-0.4, -0.2) is 4.98 Å². The van der Waals surface area contributed by atoms with Gasteiger partial charge >= 0.3 is 0 Å². The summed E-state index contributed by atoms with van der Waals surface area (Å²) in [6.45, 7) is 0. The molecular formula is C9H5BrN2S. The normalized spacial score (nSPS) is 10.2. The van der Waals surface area contributed by atoms with Crippen LogP contribution < -0.4 is 0 Å². The maximum Gasteiger partial charge on any atom is 0.195 e. The molecule has 0 aliphatic heterocycles. The van der Waals surface area contributed by atoms with Crippen LogP contribution in [0.3, 0.4) is 0 Å². The second-order valence-corrected chi connectivity index (χ2v) is 4.16. The van der Waals surface area contributed by atoms with E-state index in [9.17, 15) is 0 Å². The maximum absolute atomic E-state index is 8.65. The first-order valence-corrected chi connectivity index (χ1v) is 5.63. The maximum atomic E-state index is 8.65. The number of rotatable bonds is 1. The summed E-state index contributed by atoms with van der Waals surface area (Å²) >= 11 is 4.82. The van der Waals surface area contributed by atoms with Crippen LogP contribution in [0.5, 0.6) is 0 Å². The first kappa shape index (κ1) is 8.67. The highest BCUT2D eigenvalue weighted by Gasteiger charge is 2.02. The Kier molecular flexibility index (Phi) is 2.30. The third-order valence-electron chi connectivity index (χ3n) is 1.70. The fourth-order valence-corrected chi connectivity index (χ4v) is 2.28. The SMILES string of the molecule is N#Cc1nc2ccc(CBr)cc2s1. The van der Waals surface area contributed by atoms with Crippen molar-refractivity contribution in [1.29, 1.82) is 5.26 Å². The van der Waals surface area contributed by atoms with Crippen molar-refractivity contribution in [2.75, 3.05) is 0 Å². The molecule has 1 aromatic carbocycles. The van der Waals surface area contributed by atoms with Gasteiger partial charge in [0.05, 0.1) is 10.2 Å². The molecule has 0 saturated heterocycles. The van der Waals surface area contributed by atoms with E-state index < -0.39 is 0 Å². The standard InChI is InChI=1S/C9H5BrN2S/c10-4-6-1-2-7-8(3-6)13-9(5-11)12-7/h1-3H,4H2. The zero-order chi connectivity index (χ0) is 9.26. The van der Waals surface area contributed by atoms with Gasteiger partial charge in [0, 0.05) is 5.33 Å². The summed E-state index contributed by atoms with van der Waals surface area (Å²) in [6, 6.07) is 8.07. The van der Waals surface area contributed by atoms with E-state index in [4.69, 9.17) is 5.26 Å². The highest BCUT2D eigenvalue weighted by molar-refractivity contribution is 9.08. The van der Waals surface area contributed by atoms with E-state index in [-0.39, 0.29) is 0 Å². The first-order chi connectivity index (χ1) is 6.33. The van der Waals surface area contributed by atoms with E-state index in [1.165, 1.54) is 16.9 Å². The van der Waals surface area contributed by atoms with Gasteiger partial charge in [-0.05, 0) is 17.7 Å². The van der Waals surface area contributed by atoms with E-state index in [1.54, 1.807) is 0 Å². The lowest BCUT2D eigenvalue weighted by Gasteiger charge is -1.92. The molecule has 0 amide bonds. The summed E-state index contributed by atoms with van der Waals surface area (Å²) in [6.07, 6.45) is 0. The first-order valence-electron chi connectivity index (χ1n) is 3.69. The van der Waals surface area contributed by atoms with Crippen molar-refractivity contribution in [2.45, 2.75) is 5.33 Å². The van der Waals surface area contributed by atoms with E-state index in [0.29, 0.717) is 5.01 Å². The molecule has 2 rings (SSSR count). The molecule has 2 aromatic rings. The molecule has 0 saturated carbocycles. The zero-order valence-electron chi connectivity index (χ0n) is 6.62. The summed E-state index contributed by atoms with van der Waals surface area (Å²) in [4.78, 5) is 4.15. The van der Waals surface area contributed by atoms with Crippen molar-refractivity contribution in [1.82, 2.24) is 4.98 Å². The van der Waals surface area contributed by atoms with Crippen LogP contribution in [0.1, 0.15) is 10.6 Å². The molecule has 0 aliphatic carbocycles. The average molecular weight is 253 g/mol. The number of fused-ring (bicyclic) bond motifs is 1. The average Bonchev–Trinajstić information content (AvgIpc) is 2.58. The molecule has 0 fully saturated rings. The molecule has 1 heterocycles. The van der Waals surface area contributed by atoms with Crippen molar-refractivity contribution >= 4 is 37.5 Å². The van der Waals surface area contributed by atoms with Crippen LogP contribution in [-0.2, 0) is 5.33 Å². The summed E-state index contributed by atoms with van der Waals surface area (Å²) in [5.74, 6) is 0. The molecule has 0 aliphatic rings. The van der Waals surface area contributed by atoms with Gasteiger partial charge in [-0.1, -0.05) is 22.0 Å². The molecule has 0 N–H and O–H groups in total. The van der Waals surface area contributed by atoms with Crippen molar-refractivity contribution in [3.8, 4) is 6.07 Å². The molecule has 0 atom stereocenters. The van der Waals surface area contributed by atoms with Gasteiger partial charge in [-0.15, -0.1) is 11.3 Å². The van der Waals surface area contributed by atoms with Crippen LogP contribution >= 0.6 is 27.3 Å². The monoisotopic (exact) mass is 252 g/mol. The van der Waals surface area contributed by atoms with Gasteiger partial charge < -0.3 is 0 Å². The second-order valence-electron chi connectivity index (χ2n) is 2.57. The Morgan fingerprint density at radius 1 is 1.54 bits per heavy atom. The second kappa shape index (κ2) is 3.44. The van der Waals surface area contributed by atoms with Gasteiger partial charge in [0.2, 0.25) is 0 Å². The molecule has 0 spiro atoms. The number of halogens is 1. The van der Waals surface area contributed by atoms with E-state index >= 15 is 0 Å². The van der Waals surface area contributed by atoms with Crippen LogP contribution in [0.4, 0.5) is 0 Å². The molecule has 0 radical (unpaired) electrons. The van der Waals surface area contributed by atoms with Crippen LogP contribution in [0.25, 0.3) is 10.2 Å². The van der Waals surface area contributed by atoms with E-state index in [2.05, 4.69) is 27.0 Å². The Morgan fingerprint density at radius 3 is 3.08 bits per heavy atom. The van der Waals surface area contributed by atoms with Gasteiger partial charge in [-0.2, -0.15) is 5.26 Å². The minimum atomic E-state index is 0.529. The largest absolute Gasteiger partial charge is 0.226 e. The van der Waals surface area contributed by atoms with Gasteiger partial charge in [0.25, 0.3) is 0 Å². The quantitative estimate of drug-likeness (QED) is 0.732. The van der Waals surface area contributed by atoms with Gasteiger partial charge in [-0.25, -0.2) is 4.98 Å².